The molecule has 1 heterocycles. The van der Waals surface area contributed by atoms with Gasteiger partial charge in [0, 0.05) is 37.9 Å². The molecule has 4 nitrogen and oxygen atoms in total. The lowest BCUT2D eigenvalue weighted by Gasteiger charge is -2.47. The van der Waals surface area contributed by atoms with Crippen LogP contribution in [0, 0.1) is 17.3 Å². The first kappa shape index (κ1) is 16.0. The Morgan fingerprint density at radius 2 is 2.19 bits per heavy atom. The monoisotopic (exact) mass is 289 g/mol. The maximum absolute atomic E-state index is 12.8. The smallest absolute Gasteiger partial charge is 0.226 e. The number of carbonyl (C=O) groups excluding carboxylic acids is 1. The molecule has 1 aromatic rings. The highest BCUT2D eigenvalue weighted by atomic mass is 16.2. The van der Waals surface area contributed by atoms with Crippen LogP contribution in [0.5, 0.6) is 0 Å². The molecule has 1 aliphatic rings. The van der Waals surface area contributed by atoms with Crippen LogP contribution in [0.25, 0.3) is 0 Å². The molecule has 0 spiro atoms. The summed E-state index contributed by atoms with van der Waals surface area (Å²) < 4.78 is 0. The van der Waals surface area contributed by atoms with Crippen molar-refractivity contribution in [3.63, 3.8) is 0 Å². The van der Waals surface area contributed by atoms with Gasteiger partial charge in [0.1, 0.15) is 0 Å². The minimum Gasteiger partial charge on any atom is -0.341 e. The molecule has 1 amide bonds. The van der Waals surface area contributed by atoms with E-state index in [1.54, 1.807) is 6.20 Å². The molecule has 2 N–H and O–H groups in total. The summed E-state index contributed by atoms with van der Waals surface area (Å²) >= 11 is 0. The van der Waals surface area contributed by atoms with Crippen LogP contribution >= 0.6 is 0 Å². The normalized spacial score (nSPS) is 28.1. The van der Waals surface area contributed by atoms with Gasteiger partial charge in [0.2, 0.25) is 5.91 Å². The fraction of sp³-hybridized carbons (Fsp3) is 0.647. The highest BCUT2D eigenvalue weighted by Gasteiger charge is 2.45. The van der Waals surface area contributed by atoms with Gasteiger partial charge in [-0.1, -0.05) is 26.8 Å². The Morgan fingerprint density at radius 3 is 2.81 bits per heavy atom. The van der Waals surface area contributed by atoms with Crippen molar-refractivity contribution in [3.05, 3.63) is 30.1 Å². The molecule has 3 atom stereocenters. The van der Waals surface area contributed by atoms with E-state index < -0.39 is 0 Å². The third-order valence-electron chi connectivity index (χ3n) is 5.32. The number of nitrogens with zero attached hydrogens (tertiary/aromatic N) is 2. The van der Waals surface area contributed by atoms with Crippen LogP contribution < -0.4 is 5.73 Å². The van der Waals surface area contributed by atoms with Crippen molar-refractivity contribution in [1.82, 2.24) is 9.88 Å². The predicted molar refractivity (Wildman–Crippen MR) is 84.4 cm³/mol. The zero-order valence-corrected chi connectivity index (χ0v) is 13.5. The molecule has 21 heavy (non-hydrogen) atoms. The molecule has 4 heteroatoms. The van der Waals surface area contributed by atoms with Crippen molar-refractivity contribution in [1.29, 1.82) is 0 Å². The number of aromatic nitrogens is 1. The lowest BCUT2D eigenvalue weighted by atomic mass is 9.60. The minimum atomic E-state index is -0.0576. The van der Waals surface area contributed by atoms with Gasteiger partial charge in [0.25, 0.3) is 0 Å². The fourth-order valence-electron chi connectivity index (χ4n) is 3.40. The standard InChI is InChI=1S/C17H27N3O/c1-12-15(18)8-7-14(17(12,2)3)16(21)20(4)11-13-6-5-9-19-10-13/h5-6,9-10,12,14-15H,7-8,11,18H2,1-4H3. The number of hydrogen-bond donors (Lipinski definition) is 1. The molecule has 1 aliphatic carbocycles. The predicted octanol–water partition coefficient (Wildman–Crippen LogP) is 2.44. The summed E-state index contributed by atoms with van der Waals surface area (Å²) in [6.45, 7) is 7.14. The van der Waals surface area contributed by atoms with E-state index in [4.69, 9.17) is 5.73 Å². The SMILES string of the molecule is CC1C(N)CCC(C(=O)N(C)Cc2cccnc2)C1(C)C. The van der Waals surface area contributed by atoms with Crippen molar-refractivity contribution in [3.8, 4) is 0 Å². The van der Waals surface area contributed by atoms with Crippen molar-refractivity contribution in [2.24, 2.45) is 23.0 Å². The lowest BCUT2D eigenvalue weighted by Crippen LogP contribution is -2.51. The zero-order chi connectivity index (χ0) is 15.6. The first-order valence-electron chi connectivity index (χ1n) is 7.73. The highest BCUT2D eigenvalue weighted by molar-refractivity contribution is 5.79. The molecular formula is C17H27N3O. The molecule has 2 rings (SSSR count). The number of pyridine rings is 1. The van der Waals surface area contributed by atoms with Gasteiger partial charge in [-0.3, -0.25) is 9.78 Å². The van der Waals surface area contributed by atoms with Crippen LogP contribution in [0.15, 0.2) is 24.5 Å². The van der Waals surface area contributed by atoms with Gasteiger partial charge in [0.05, 0.1) is 0 Å². The van der Waals surface area contributed by atoms with Crippen molar-refractivity contribution < 1.29 is 4.79 Å². The average Bonchev–Trinajstić information content (AvgIpc) is 2.45. The summed E-state index contributed by atoms with van der Waals surface area (Å²) in [6.07, 6.45) is 5.38. The molecule has 0 aliphatic heterocycles. The Labute approximate surface area is 127 Å². The number of carbonyl (C=O) groups is 1. The number of rotatable bonds is 3. The molecule has 0 aromatic carbocycles. The summed E-state index contributed by atoms with van der Waals surface area (Å²) in [7, 11) is 1.88. The highest BCUT2D eigenvalue weighted by Crippen LogP contribution is 2.45. The minimum absolute atomic E-state index is 0.0500. The topological polar surface area (TPSA) is 59.2 Å². The summed E-state index contributed by atoms with van der Waals surface area (Å²) in [6, 6.07) is 4.10. The van der Waals surface area contributed by atoms with E-state index in [0.717, 1.165) is 18.4 Å². The molecule has 1 fully saturated rings. The Balaban J connectivity index is 2.08. The fourth-order valence-corrected chi connectivity index (χ4v) is 3.40. The molecule has 0 saturated heterocycles. The van der Waals surface area contributed by atoms with E-state index in [-0.39, 0.29) is 23.3 Å². The van der Waals surface area contributed by atoms with Crippen LogP contribution in [0.3, 0.4) is 0 Å². The average molecular weight is 289 g/mol. The molecule has 1 aromatic heterocycles. The molecule has 116 valence electrons. The first-order chi connectivity index (χ1) is 9.84. The maximum atomic E-state index is 12.8. The third kappa shape index (κ3) is 3.26. The van der Waals surface area contributed by atoms with Gasteiger partial charge in [-0.25, -0.2) is 0 Å². The van der Waals surface area contributed by atoms with Crippen LogP contribution in [0.4, 0.5) is 0 Å². The van der Waals surface area contributed by atoms with Crippen LogP contribution in [0.2, 0.25) is 0 Å². The largest absolute Gasteiger partial charge is 0.341 e. The second-order valence-electron chi connectivity index (χ2n) is 6.96. The lowest BCUT2D eigenvalue weighted by molar-refractivity contribution is -0.142. The molecule has 3 unspecified atom stereocenters. The zero-order valence-electron chi connectivity index (χ0n) is 13.5. The molecular weight excluding hydrogens is 262 g/mol. The summed E-state index contributed by atoms with van der Waals surface area (Å²) in [4.78, 5) is 18.8. The van der Waals surface area contributed by atoms with Crippen LogP contribution in [-0.4, -0.2) is 28.9 Å². The van der Waals surface area contributed by atoms with E-state index in [2.05, 4.69) is 25.8 Å². The van der Waals surface area contributed by atoms with Gasteiger partial charge in [-0.05, 0) is 35.8 Å². The number of nitrogens with two attached hydrogens (primary N) is 1. The maximum Gasteiger partial charge on any atom is 0.226 e. The van der Waals surface area contributed by atoms with Crippen LogP contribution in [-0.2, 0) is 11.3 Å². The second-order valence-corrected chi connectivity index (χ2v) is 6.96. The molecule has 1 saturated carbocycles. The number of hydrogen-bond acceptors (Lipinski definition) is 3. The summed E-state index contributed by atoms with van der Waals surface area (Å²) in [5, 5.41) is 0. The quantitative estimate of drug-likeness (QED) is 0.929. The van der Waals surface area contributed by atoms with Gasteiger partial charge in [-0.15, -0.1) is 0 Å². The van der Waals surface area contributed by atoms with Gasteiger partial charge in [-0.2, -0.15) is 0 Å². The van der Waals surface area contributed by atoms with Crippen molar-refractivity contribution >= 4 is 5.91 Å². The first-order valence-corrected chi connectivity index (χ1v) is 7.73. The molecule has 0 bridgehead atoms. The third-order valence-corrected chi connectivity index (χ3v) is 5.32. The summed E-state index contributed by atoms with van der Waals surface area (Å²) in [5.41, 5.74) is 7.19. The van der Waals surface area contributed by atoms with E-state index in [1.165, 1.54) is 0 Å². The van der Waals surface area contributed by atoms with Crippen LogP contribution in [0.1, 0.15) is 39.2 Å². The van der Waals surface area contributed by atoms with Crippen molar-refractivity contribution in [2.75, 3.05) is 7.05 Å². The van der Waals surface area contributed by atoms with E-state index >= 15 is 0 Å². The Bertz CT molecular complexity index is 486. The molecule has 0 radical (unpaired) electrons. The Kier molecular flexibility index (Phi) is 4.67. The van der Waals surface area contributed by atoms with Gasteiger partial charge in [0.15, 0.2) is 0 Å². The van der Waals surface area contributed by atoms with Gasteiger partial charge >= 0.3 is 0 Å². The number of amides is 1. The Hall–Kier alpha value is -1.42. The second kappa shape index (κ2) is 6.14. The Morgan fingerprint density at radius 1 is 1.48 bits per heavy atom. The summed E-state index contributed by atoms with van der Waals surface area (Å²) in [5.74, 6) is 0.628. The van der Waals surface area contributed by atoms with Crippen molar-refractivity contribution in [2.45, 2.75) is 46.2 Å². The van der Waals surface area contributed by atoms with E-state index in [0.29, 0.717) is 12.5 Å². The van der Waals surface area contributed by atoms with E-state index in [9.17, 15) is 4.79 Å². The van der Waals surface area contributed by atoms with E-state index in [1.807, 2.05) is 30.3 Å². The van der Waals surface area contributed by atoms with Gasteiger partial charge < -0.3 is 10.6 Å².